The van der Waals surface area contributed by atoms with Crippen LogP contribution in [-0.4, -0.2) is 23.5 Å². The maximum Gasteiger partial charge on any atom is 0.310 e. The normalized spacial score (nSPS) is 11.2. The van der Waals surface area contributed by atoms with Crippen LogP contribution >= 0.6 is 11.3 Å². The molecule has 0 aromatic carbocycles. The van der Waals surface area contributed by atoms with Crippen molar-refractivity contribution < 1.29 is 14.7 Å². The zero-order chi connectivity index (χ0) is 12.9. The number of hydrogen-bond donors (Lipinski definition) is 2. The quantitative estimate of drug-likeness (QED) is 0.816. The molecule has 0 bridgehead atoms. The van der Waals surface area contributed by atoms with E-state index in [4.69, 9.17) is 5.11 Å². The Labute approximate surface area is 105 Å². The first-order valence-corrected chi connectivity index (χ1v) is 6.37. The van der Waals surface area contributed by atoms with Crippen molar-refractivity contribution in [2.45, 2.75) is 26.7 Å². The molecule has 1 rings (SSSR count). The van der Waals surface area contributed by atoms with Crippen LogP contribution in [-0.2, 0) is 16.0 Å². The highest BCUT2D eigenvalue weighted by molar-refractivity contribution is 7.07. The molecule has 4 nitrogen and oxygen atoms in total. The highest BCUT2D eigenvalue weighted by Crippen LogP contribution is 2.13. The van der Waals surface area contributed by atoms with Gasteiger partial charge in [-0.25, -0.2) is 0 Å². The van der Waals surface area contributed by atoms with Crippen molar-refractivity contribution in [3.63, 3.8) is 0 Å². The SMILES string of the molecule is CC(C)(CNC(=O)CCc1ccsc1)C(=O)O. The fourth-order valence-electron chi connectivity index (χ4n) is 1.18. The average Bonchev–Trinajstić information content (AvgIpc) is 2.76. The number of amides is 1. The standard InChI is InChI=1S/C12H17NO3S/c1-12(2,11(15)16)8-13-10(14)4-3-9-5-6-17-7-9/h5-7H,3-4,8H2,1-2H3,(H,13,14)(H,15,16). The van der Waals surface area contributed by atoms with Gasteiger partial charge in [0.2, 0.25) is 5.91 Å². The summed E-state index contributed by atoms with van der Waals surface area (Å²) in [5, 5.41) is 15.5. The zero-order valence-corrected chi connectivity index (χ0v) is 10.8. The van der Waals surface area contributed by atoms with Crippen molar-refractivity contribution in [3.8, 4) is 0 Å². The summed E-state index contributed by atoms with van der Waals surface area (Å²) < 4.78 is 0. The Morgan fingerprint density at radius 2 is 2.18 bits per heavy atom. The summed E-state index contributed by atoms with van der Waals surface area (Å²) in [6, 6.07) is 1.99. The highest BCUT2D eigenvalue weighted by atomic mass is 32.1. The third kappa shape index (κ3) is 4.56. The lowest BCUT2D eigenvalue weighted by molar-refractivity contribution is -0.146. The fourth-order valence-corrected chi connectivity index (χ4v) is 1.88. The van der Waals surface area contributed by atoms with E-state index in [-0.39, 0.29) is 12.5 Å². The molecule has 0 aliphatic rings. The van der Waals surface area contributed by atoms with Crippen LogP contribution in [0.25, 0.3) is 0 Å². The number of carboxylic acid groups (broad SMARTS) is 1. The van der Waals surface area contributed by atoms with E-state index in [1.807, 2.05) is 16.8 Å². The first-order chi connectivity index (χ1) is 7.92. The van der Waals surface area contributed by atoms with Crippen molar-refractivity contribution in [1.82, 2.24) is 5.32 Å². The second-order valence-electron chi connectivity index (χ2n) is 4.60. The van der Waals surface area contributed by atoms with Gasteiger partial charge in [-0.2, -0.15) is 11.3 Å². The number of carboxylic acids is 1. The number of aryl methyl sites for hydroxylation is 1. The Hall–Kier alpha value is -1.36. The molecule has 2 N–H and O–H groups in total. The summed E-state index contributed by atoms with van der Waals surface area (Å²) in [7, 11) is 0. The molecule has 1 amide bonds. The van der Waals surface area contributed by atoms with E-state index in [0.29, 0.717) is 12.8 Å². The summed E-state index contributed by atoms with van der Waals surface area (Å²) in [5.41, 5.74) is 0.223. The monoisotopic (exact) mass is 255 g/mol. The van der Waals surface area contributed by atoms with Crippen LogP contribution in [0.3, 0.4) is 0 Å². The number of carbonyl (C=O) groups is 2. The Morgan fingerprint density at radius 1 is 1.47 bits per heavy atom. The number of nitrogens with one attached hydrogen (secondary N) is 1. The smallest absolute Gasteiger partial charge is 0.310 e. The Bertz CT molecular complexity index is 384. The third-order valence-corrected chi connectivity index (χ3v) is 3.26. The van der Waals surface area contributed by atoms with Gasteiger partial charge in [0.05, 0.1) is 5.41 Å². The summed E-state index contributed by atoms with van der Waals surface area (Å²) in [6.45, 7) is 3.34. The van der Waals surface area contributed by atoms with Gasteiger partial charge in [-0.3, -0.25) is 9.59 Å². The maximum absolute atomic E-state index is 11.5. The predicted octanol–water partition coefficient (Wildman–Crippen LogP) is 1.91. The number of carbonyl (C=O) groups excluding carboxylic acids is 1. The first-order valence-electron chi connectivity index (χ1n) is 5.43. The molecule has 1 heterocycles. The lowest BCUT2D eigenvalue weighted by Crippen LogP contribution is -2.38. The van der Waals surface area contributed by atoms with Crippen LogP contribution in [0.15, 0.2) is 16.8 Å². The second-order valence-corrected chi connectivity index (χ2v) is 5.38. The van der Waals surface area contributed by atoms with E-state index in [1.54, 1.807) is 25.2 Å². The van der Waals surface area contributed by atoms with Crippen LogP contribution in [0.1, 0.15) is 25.8 Å². The van der Waals surface area contributed by atoms with Gasteiger partial charge in [-0.05, 0) is 42.7 Å². The lowest BCUT2D eigenvalue weighted by atomic mass is 9.94. The van der Waals surface area contributed by atoms with Crippen molar-refractivity contribution in [2.24, 2.45) is 5.41 Å². The van der Waals surface area contributed by atoms with Gasteiger partial charge < -0.3 is 10.4 Å². The molecule has 5 heteroatoms. The third-order valence-electron chi connectivity index (χ3n) is 2.53. The zero-order valence-electron chi connectivity index (χ0n) is 10.0. The molecule has 17 heavy (non-hydrogen) atoms. The molecule has 1 aromatic heterocycles. The molecule has 0 atom stereocenters. The molecule has 0 aliphatic heterocycles. The van der Waals surface area contributed by atoms with Gasteiger partial charge in [-0.15, -0.1) is 0 Å². The molecule has 94 valence electrons. The minimum atomic E-state index is -0.919. The lowest BCUT2D eigenvalue weighted by Gasteiger charge is -2.19. The van der Waals surface area contributed by atoms with Crippen LogP contribution in [0.4, 0.5) is 0 Å². The van der Waals surface area contributed by atoms with E-state index in [2.05, 4.69) is 5.32 Å². The maximum atomic E-state index is 11.5. The van der Waals surface area contributed by atoms with Crippen molar-refractivity contribution >= 4 is 23.2 Å². The largest absolute Gasteiger partial charge is 0.481 e. The minimum Gasteiger partial charge on any atom is -0.481 e. The Kier molecular flexibility index (Phi) is 4.69. The van der Waals surface area contributed by atoms with E-state index in [9.17, 15) is 9.59 Å². The molecular formula is C12H17NO3S. The van der Waals surface area contributed by atoms with Crippen LogP contribution in [0.5, 0.6) is 0 Å². The highest BCUT2D eigenvalue weighted by Gasteiger charge is 2.27. The summed E-state index contributed by atoms with van der Waals surface area (Å²) in [5.74, 6) is -1.01. The van der Waals surface area contributed by atoms with Gasteiger partial charge in [0.1, 0.15) is 0 Å². The topological polar surface area (TPSA) is 66.4 Å². The molecule has 0 aliphatic carbocycles. The number of rotatable bonds is 6. The molecule has 0 spiro atoms. The summed E-state index contributed by atoms with van der Waals surface area (Å²) in [4.78, 5) is 22.3. The van der Waals surface area contributed by atoms with Crippen LogP contribution in [0.2, 0.25) is 0 Å². The average molecular weight is 255 g/mol. The minimum absolute atomic E-state index is 0.106. The Balaban J connectivity index is 2.28. The van der Waals surface area contributed by atoms with Gasteiger partial charge in [0.15, 0.2) is 0 Å². The van der Waals surface area contributed by atoms with Gasteiger partial charge in [0.25, 0.3) is 0 Å². The summed E-state index contributed by atoms with van der Waals surface area (Å²) >= 11 is 1.60. The number of hydrogen-bond acceptors (Lipinski definition) is 3. The number of thiophene rings is 1. The van der Waals surface area contributed by atoms with Gasteiger partial charge >= 0.3 is 5.97 Å². The molecule has 0 unspecified atom stereocenters. The van der Waals surface area contributed by atoms with Crippen LogP contribution in [0, 0.1) is 5.41 Å². The van der Waals surface area contributed by atoms with E-state index in [1.165, 1.54) is 0 Å². The van der Waals surface area contributed by atoms with E-state index in [0.717, 1.165) is 5.56 Å². The van der Waals surface area contributed by atoms with Gasteiger partial charge in [-0.1, -0.05) is 0 Å². The molecule has 0 radical (unpaired) electrons. The predicted molar refractivity (Wildman–Crippen MR) is 67.1 cm³/mol. The first kappa shape index (κ1) is 13.7. The van der Waals surface area contributed by atoms with E-state index >= 15 is 0 Å². The van der Waals surface area contributed by atoms with E-state index < -0.39 is 11.4 Å². The Morgan fingerprint density at radius 3 is 2.71 bits per heavy atom. The van der Waals surface area contributed by atoms with Crippen molar-refractivity contribution in [3.05, 3.63) is 22.4 Å². The molecule has 0 saturated heterocycles. The molecular weight excluding hydrogens is 238 g/mol. The van der Waals surface area contributed by atoms with Crippen molar-refractivity contribution in [1.29, 1.82) is 0 Å². The summed E-state index contributed by atoms with van der Waals surface area (Å²) in [6.07, 6.45) is 1.09. The molecule has 1 aromatic rings. The van der Waals surface area contributed by atoms with Gasteiger partial charge in [0, 0.05) is 13.0 Å². The van der Waals surface area contributed by atoms with Crippen LogP contribution < -0.4 is 5.32 Å². The molecule has 0 saturated carbocycles. The fraction of sp³-hybridized carbons (Fsp3) is 0.500. The second kappa shape index (κ2) is 5.82. The molecule has 0 fully saturated rings. The number of aliphatic carboxylic acids is 1. The van der Waals surface area contributed by atoms with Crippen molar-refractivity contribution in [2.75, 3.05) is 6.54 Å².